The van der Waals surface area contributed by atoms with Crippen molar-refractivity contribution in [2.45, 2.75) is 83.5 Å². The van der Waals surface area contributed by atoms with Crippen molar-refractivity contribution in [3.05, 3.63) is 34.6 Å². The number of nitrogens with one attached hydrogen (secondary N) is 1. The molecule has 0 amide bonds. The zero-order valence-corrected chi connectivity index (χ0v) is 20.8. The molecule has 1 N–H and O–H groups in total. The van der Waals surface area contributed by atoms with Gasteiger partial charge in [0.25, 0.3) is 0 Å². The van der Waals surface area contributed by atoms with Crippen LogP contribution in [0.25, 0.3) is 0 Å². The van der Waals surface area contributed by atoms with Crippen LogP contribution in [0.1, 0.15) is 58.8 Å². The van der Waals surface area contributed by atoms with Crippen molar-refractivity contribution >= 4 is 36.7 Å². The minimum Gasteiger partial charge on any atom is -0.405 e. The Morgan fingerprint density at radius 1 is 1.18 bits per heavy atom. The fourth-order valence-electron chi connectivity index (χ4n) is 2.14. The van der Waals surface area contributed by atoms with Crippen molar-refractivity contribution in [2.24, 2.45) is 0 Å². The van der Waals surface area contributed by atoms with Crippen LogP contribution in [-0.4, -0.2) is 35.2 Å². The van der Waals surface area contributed by atoms with Gasteiger partial charge in [0.1, 0.15) is 11.9 Å². The fraction of sp³-hybridized carbons (Fsp3) is 0.650. The smallest absolute Gasteiger partial charge is 0.193 e. The van der Waals surface area contributed by atoms with Gasteiger partial charge in [0, 0.05) is 16.6 Å². The minimum atomic E-state index is -2.34. The Morgan fingerprint density at radius 2 is 1.71 bits per heavy atom. The van der Waals surface area contributed by atoms with Crippen LogP contribution in [-0.2, 0) is 15.4 Å². The Morgan fingerprint density at radius 3 is 2.14 bits per heavy atom. The fourth-order valence-corrected chi connectivity index (χ4v) is 4.48. The molecule has 0 aliphatic carbocycles. The average Bonchev–Trinajstić information content (AvgIpc) is 2.48. The molecule has 0 aromatic heterocycles. The van der Waals surface area contributed by atoms with E-state index in [1.165, 1.54) is 6.07 Å². The predicted molar refractivity (Wildman–Crippen MR) is 118 cm³/mol. The number of hydrogen-bond acceptors (Lipinski definition) is 3. The van der Waals surface area contributed by atoms with Gasteiger partial charge >= 0.3 is 0 Å². The molecule has 1 aromatic carbocycles. The monoisotopic (exact) mass is 449 g/mol. The summed E-state index contributed by atoms with van der Waals surface area (Å²) in [6, 6.07) is 3.20. The molecule has 0 fully saturated rings. The maximum atomic E-state index is 13.8. The van der Waals surface area contributed by atoms with E-state index in [9.17, 15) is 13.4 Å². The summed E-state index contributed by atoms with van der Waals surface area (Å²) in [6.45, 7) is 17.6. The Balaban J connectivity index is 3.30. The molecule has 0 bridgehead atoms. The first-order valence-corrected chi connectivity index (χ1v) is 13.8. The topological polar surface area (TPSA) is 55.4 Å². The molecule has 0 radical (unpaired) electrons. The molecule has 0 saturated heterocycles. The van der Waals surface area contributed by atoms with Gasteiger partial charge in [0.15, 0.2) is 14.1 Å². The second kappa shape index (κ2) is 9.04. The number of ketones is 1. The Bertz CT molecular complexity index is 724. The molecule has 0 heterocycles. The summed E-state index contributed by atoms with van der Waals surface area (Å²) in [5.41, 5.74) is 0.143. The van der Waals surface area contributed by atoms with E-state index in [0.29, 0.717) is 0 Å². The largest absolute Gasteiger partial charge is 0.405 e. The average molecular weight is 450 g/mol. The molecule has 0 spiro atoms. The summed E-state index contributed by atoms with van der Waals surface area (Å²) in [7, 11) is -3.72. The van der Waals surface area contributed by atoms with E-state index in [1.807, 2.05) is 33.9 Å². The molecule has 1 unspecified atom stereocenters. The second-order valence-corrected chi connectivity index (χ2v) is 16.8. The molecule has 8 heteroatoms. The summed E-state index contributed by atoms with van der Waals surface area (Å²) in [5, 5.41) is 0.0156. The van der Waals surface area contributed by atoms with E-state index in [2.05, 4.69) is 25.5 Å². The maximum Gasteiger partial charge on any atom is 0.193 e. The van der Waals surface area contributed by atoms with E-state index in [-0.39, 0.29) is 21.4 Å². The lowest BCUT2D eigenvalue weighted by atomic mass is 10.0. The van der Waals surface area contributed by atoms with Gasteiger partial charge in [-0.1, -0.05) is 32.4 Å². The molecule has 1 aromatic rings. The summed E-state index contributed by atoms with van der Waals surface area (Å²) < 4.78 is 35.3. The molecule has 28 heavy (non-hydrogen) atoms. The van der Waals surface area contributed by atoms with Crippen LogP contribution in [0, 0.1) is 5.82 Å². The minimum absolute atomic E-state index is 0.131. The lowest BCUT2D eigenvalue weighted by molar-refractivity contribution is 0.0719. The quantitative estimate of drug-likeness (QED) is 0.442. The number of carbonyl (C=O) groups excluding carboxylic acids is 1. The van der Waals surface area contributed by atoms with Crippen molar-refractivity contribution < 1.29 is 17.8 Å². The number of hydrogen-bond donors (Lipinski definition) is 1. The van der Waals surface area contributed by atoms with Crippen LogP contribution in [0.3, 0.4) is 0 Å². The van der Waals surface area contributed by atoms with Crippen LogP contribution in [0.2, 0.25) is 23.2 Å². The highest BCUT2D eigenvalue weighted by atomic mass is 35.5. The van der Waals surface area contributed by atoms with Gasteiger partial charge in [0.05, 0.1) is 15.7 Å². The number of halogens is 2. The highest BCUT2D eigenvalue weighted by Gasteiger charge is 2.43. The first-order chi connectivity index (χ1) is 12.5. The SMILES string of the molecule is C[C@H](NS(=O)C(C)(C)C)[C@H](O[Si](C)(C)C(C)(C)C)C(=O)c1cc(F)cc(Cl)c1. The van der Waals surface area contributed by atoms with Crippen molar-refractivity contribution in [3.8, 4) is 0 Å². The highest BCUT2D eigenvalue weighted by Crippen LogP contribution is 2.38. The van der Waals surface area contributed by atoms with Crippen molar-refractivity contribution in [1.29, 1.82) is 0 Å². The molecular formula is C20H33ClFNO3SSi. The van der Waals surface area contributed by atoms with E-state index < -0.39 is 42.0 Å². The normalized spacial score (nSPS) is 16.5. The second-order valence-electron chi connectivity index (χ2n) is 9.61. The van der Waals surface area contributed by atoms with E-state index in [0.717, 1.165) is 12.1 Å². The Hall–Kier alpha value is -0.603. The van der Waals surface area contributed by atoms with Gasteiger partial charge in [-0.3, -0.25) is 4.79 Å². The van der Waals surface area contributed by atoms with Gasteiger partial charge in [-0.25, -0.2) is 13.3 Å². The van der Waals surface area contributed by atoms with E-state index in [1.54, 1.807) is 6.92 Å². The van der Waals surface area contributed by atoms with Crippen molar-refractivity contribution in [3.63, 3.8) is 0 Å². The molecule has 0 aliphatic rings. The third kappa shape index (κ3) is 6.73. The van der Waals surface area contributed by atoms with Crippen LogP contribution >= 0.6 is 11.6 Å². The van der Waals surface area contributed by atoms with Crippen LogP contribution < -0.4 is 4.72 Å². The molecular weight excluding hydrogens is 417 g/mol. The van der Waals surface area contributed by atoms with Gasteiger partial charge in [0.2, 0.25) is 0 Å². The van der Waals surface area contributed by atoms with Crippen LogP contribution in [0.5, 0.6) is 0 Å². The lowest BCUT2D eigenvalue weighted by Crippen LogP contribution is -2.54. The number of rotatable bonds is 7. The van der Waals surface area contributed by atoms with E-state index >= 15 is 0 Å². The standard InChI is InChI=1S/C20H33ClFNO3SSi/c1-13(23-27(25)19(2,3)4)18(26-28(8,9)20(5,6)7)17(24)14-10-15(21)12-16(22)11-14/h10-13,18,23H,1-9H3/t13-,18-,27?/m0/s1. The van der Waals surface area contributed by atoms with Gasteiger partial charge < -0.3 is 4.43 Å². The first kappa shape index (κ1) is 25.4. The lowest BCUT2D eigenvalue weighted by Gasteiger charge is -2.40. The van der Waals surface area contributed by atoms with Crippen molar-refractivity contribution in [2.75, 3.05) is 0 Å². The Kier molecular flexibility index (Phi) is 8.21. The molecule has 3 atom stereocenters. The summed E-state index contributed by atoms with van der Waals surface area (Å²) in [4.78, 5) is 13.3. The summed E-state index contributed by atoms with van der Waals surface area (Å²) >= 11 is 5.94. The Labute approximate surface area is 177 Å². The van der Waals surface area contributed by atoms with Gasteiger partial charge in [-0.15, -0.1) is 0 Å². The third-order valence-corrected chi connectivity index (χ3v) is 11.3. The highest BCUT2D eigenvalue weighted by molar-refractivity contribution is 7.84. The number of Topliss-reactive ketones (excluding diaryl/α,β-unsaturated/α-hetero) is 1. The molecule has 0 aliphatic heterocycles. The summed E-state index contributed by atoms with van der Waals surface area (Å²) in [5.74, 6) is -0.960. The third-order valence-electron chi connectivity index (χ3n) is 4.94. The predicted octanol–water partition coefficient (Wildman–Crippen LogP) is 5.49. The van der Waals surface area contributed by atoms with Crippen LogP contribution in [0.4, 0.5) is 4.39 Å². The zero-order valence-electron chi connectivity index (χ0n) is 18.3. The van der Waals surface area contributed by atoms with Crippen molar-refractivity contribution in [1.82, 2.24) is 4.72 Å². The zero-order chi connectivity index (χ0) is 22.1. The molecule has 4 nitrogen and oxygen atoms in total. The molecule has 160 valence electrons. The molecule has 1 rings (SSSR count). The van der Waals surface area contributed by atoms with Crippen LogP contribution in [0.15, 0.2) is 18.2 Å². The molecule has 0 saturated carbocycles. The number of benzene rings is 1. The summed E-state index contributed by atoms with van der Waals surface area (Å²) in [6.07, 6.45) is -0.912. The van der Waals surface area contributed by atoms with Gasteiger partial charge in [-0.05, 0) is 64.0 Å². The first-order valence-electron chi connectivity index (χ1n) is 9.32. The maximum absolute atomic E-state index is 13.8. The van der Waals surface area contributed by atoms with Gasteiger partial charge in [-0.2, -0.15) is 0 Å². The van der Waals surface area contributed by atoms with E-state index in [4.69, 9.17) is 16.0 Å². The number of carbonyl (C=O) groups is 1.